The molecule has 22 aromatic carbocycles. The average molecular weight is 1660 g/mol. The summed E-state index contributed by atoms with van der Waals surface area (Å²) in [6.07, 6.45) is 0. The van der Waals surface area contributed by atoms with Gasteiger partial charge >= 0.3 is 0 Å². The molecule has 130 heavy (non-hydrogen) atoms. The summed E-state index contributed by atoms with van der Waals surface area (Å²) < 4.78 is 18.2. The van der Waals surface area contributed by atoms with E-state index in [1.165, 1.54) is 109 Å². The molecule has 0 saturated carbocycles. The number of para-hydroxylation sites is 7. The quantitative estimate of drug-likeness (QED) is 0.109. The fourth-order valence-corrected chi connectivity index (χ4v) is 20.3. The van der Waals surface area contributed by atoms with E-state index in [1.807, 2.05) is 12.1 Å². The van der Waals surface area contributed by atoms with Crippen molar-refractivity contribution in [1.29, 1.82) is 0 Å². The van der Waals surface area contributed by atoms with Crippen LogP contribution in [0.4, 0.5) is 34.1 Å². The molecule has 4 heterocycles. The third-order valence-corrected chi connectivity index (χ3v) is 26.4. The molecule has 26 rings (SSSR count). The summed E-state index contributed by atoms with van der Waals surface area (Å²) in [4.78, 5) is 4.87. The fraction of sp³-hybridized carbons (Fsp3) is 0. The molecule has 608 valence electrons. The SMILES string of the molecule is c1ccc(-n2c3ccccc3c3cc(-c4ccc5c(c4)oc4ccccc45)c(N(c4ccc(-c5cccc6ccccc56)cc4)c4ccc(-c5cccc6ccccc56)cc4)cc32)cc1.c1ccc(-n2c3ccccc3c3cc(-c4cccc5c4oc4ccccc45)c(N(c4ccc(-c5cccc6ccccc56)cc4)c4ccc(-c5cccc6ccccc56)cc4)cc32)cc1. The second kappa shape index (κ2) is 31.4. The Morgan fingerprint density at radius 2 is 0.462 bits per heavy atom. The Hall–Kier alpha value is -17.3. The normalized spacial score (nSPS) is 11.7. The van der Waals surface area contributed by atoms with Gasteiger partial charge in [-0.1, -0.05) is 352 Å². The molecule has 0 unspecified atom stereocenters. The summed E-state index contributed by atoms with van der Waals surface area (Å²) in [6.45, 7) is 0. The van der Waals surface area contributed by atoms with Crippen LogP contribution in [0.5, 0.6) is 0 Å². The average Bonchev–Trinajstić information content (AvgIpc) is 1.57. The maximum atomic E-state index is 6.83. The van der Waals surface area contributed by atoms with Gasteiger partial charge in [0.2, 0.25) is 0 Å². The standard InChI is InChI=1S/2C62H40N2O/c1-2-19-45(20-3-1)64-58-29-10-8-23-52(58)56-39-57(55-28-14-27-54-53-24-9-11-30-61(53)65-62(54)55)59(40-60(56)64)63(46-35-31-43(32-36-46)50-25-12-17-41-15-4-6-21-48(41)50)47-37-33-44(34-38-47)51-26-13-18-42-16-5-7-22-49(42)51;1-2-18-46(19-3-1)64-58-26-10-8-22-53(58)57-39-56(45-32-37-55-54-23-9-11-27-61(54)65-62(55)38-45)59(40-60(57)64)63(47-33-28-43(29-34-47)51-24-12-16-41-14-4-6-20-49(41)51)48-35-30-44(31-36-48)52-25-13-17-42-15-5-7-21-50(42)52/h2*1-40H. The van der Waals surface area contributed by atoms with Gasteiger partial charge in [0.25, 0.3) is 0 Å². The molecule has 0 aliphatic carbocycles. The molecule has 4 aromatic heterocycles. The molecule has 0 aliphatic rings. The molecule has 0 spiro atoms. The van der Waals surface area contributed by atoms with E-state index in [0.717, 1.165) is 134 Å². The molecule has 0 bridgehead atoms. The maximum Gasteiger partial charge on any atom is 0.143 e. The fourth-order valence-electron chi connectivity index (χ4n) is 20.3. The smallest absolute Gasteiger partial charge is 0.143 e. The van der Waals surface area contributed by atoms with Crippen LogP contribution in [0.1, 0.15) is 0 Å². The first-order valence-electron chi connectivity index (χ1n) is 44.5. The molecule has 26 aromatic rings. The first-order valence-corrected chi connectivity index (χ1v) is 44.5. The minimum absolute atomic E-state index is 0.867. The highest BCUT2D eigenvalue weighted by atomic mass is 16.3. The number of hydrogen-bond donors (Lipinski definition) is 0. The van der Waals surface area contributed by atoms with Crippen molar-refractivity contribution in [2.24, 2.45) is 0 Å². The Morgan fingerprint density at radius 3 is 0.885 bits per heavy atom. The zero-order valence-corrected chi connectivity index (χ0v) is 70.8. The number of anilines is 6. The van der Waals surface area contributed by atoms with Gasteiger partial charge < -0.3 is 27.8 Å². The lowest BCUT2D eigenvalue weighted by Crippen LogP contribution is -2.11. The molecule has 0 aliphatic heterocycles. The number of furan rings is 2. The largest absolute Gasteiger partial charge is 0.456 e. The van der Waals surface area contributed by atoms with Gasteiger partial charge in [-0.15, -0.1) is 0 Å². The number of hydrogen-bond acceptors (Lipinski definition) is 4. The lowest BCUT2D eigenvalue weighted by Gasteiger charge is -2.29. The minimum atomic E-state index is 0.867. The van der Waals surface area contributed by atoms with Crippen molar-refractivity contribution >= 4 is 165 Å². The van der Waals surface area contributed by atoms with Crippen molar-refractivity contribution in [2.45, 2.75) is 0 Å². The molecule has 0 amide bonds. The van der Waals surface area contributed by atoms with Gasteiger partial charge in [0.15, 0.2) is 0 Å². The zero-order valence-electron chi connectivity index (χ0n) is 70.8. The summed E-state index contributed by atoms with van der Waals surface area (Å²) >= 11 is 0. The predicted molar refractivity (Wildman–Crippen MR) is 548 cm³/mol. The monoisotopic (exact) mass is 1660 g/mol. The Balaban J connectivity index is 0.000000140. The molecule has 0 radical (unpaired) electrons. The zero-order chi connectivity index (χ0) is 85.7. The van der Waals surface area contributed by atoms with Crippen LogP contribution >= 0.6 is 0 Å². The van der Waals surface area contributed by atoms with E-state index in [2.05, 4.69) is 492 Å². The van der Waals surface area contributed by atoms with Crippen molar-refractivity contribution in [2.75, 3.05) is 9.80 Å². The third-order valence-electron chi connectivity index (χ3n) is 26.4. The van der Waals surface area contributed by atoms with Crippen LogP contribution < -0.4 is 9.80 Å². The van der Waals surface area contributed by atoms with Gasteiger partial charge in [-0.3, -0.25) is 0 Å². The van der Waals surface area contributed by atoms with Crippen molar-refractivity contribution in [1.82, 2.24) is 9.13 Å². The Kier molecular flexibility index (Phi) is 18.2. The summed E-state index contributed by atoms with van der Waals surface area (Å²) in [7, 11) is 0. The highest BCUT2D eigenvalue weighted by molar-refractivity contribution is 6.18. The first-order chi connectivity index (χ1) is 64.5. The van der Waals surface area contributed by atoms with Crippen molar-refractivity contribution in [3.05, 3.63) is 485 Å². The van der Waals surface area contributed by atoms with Gasteiger partial charge in [0.1, 0.15) is 22.3 Å². The molecular weight excluding hydrogens is 1580 g/mol. The molecule has 6 nitrogen and oxygen atoms in total. The predicted octanol–water partition coefficient (Wildman–Crippen LogP) is 34.9. The van der Waals surface area contributed by atoms with E-state index < -0.39 is 0 Å². The van der Waals surface area contributed by atoms with Crippen LogP contribution in [0.25, 0.3) is 209 Å². The molecule has 0 atom stereocenters. The molecular formula is C124H80N4O2. The van der Waals surface area contributed by atoms with Crippen LogP contribution in [0.15, 0.2) is 494 Å². The van der Waals surface area contributed by atoms with Crippen LogP contribution in [-0.2, 0) is 0 Å². The topological polar surface area (TPSA) is 42.6 Å². The highest BCUT2D eigenvalue weighted by Crippen LogP contribution is 2.52. The van der Waals surface area contributed by atoms with E-state index >= 15 is 0 Å². The number of fused-ring (bicyclic) bond motifs is 16. The van der Waals surface area contributed by atoms with Crippen LogP contribution in [0.3, 0.4) is 0 Å². The number of aromatic nitrogens is 2. The van der Waals surface area contributed by atoms with E-state index in [4.69, 9.17) is 8.83 Å². The second-order valence-corrected chi connectivity index (χ2v) is 33.7. The number of rotatable bonds is 14. The summed E-state index contributed by atoms with van der Waals surface area (Å²) in [5.74, 6) is 0. The van der Waals surface area contributed by atoms with Gasteiger partial charge in [0, 0.05) is 93.9 Å². The Morgan fingerprint density at radius 1 is 0.162 bits per heavy atom. The maximum absolute atomic E-state index is 6.83. The van der Waals surface area contributed by atoms with Crippen LogP contribution in [0.2, 0.25) is 0 Å². The highest BCUT2D eigenvalue weighted by Gasteiger charge is 2.28. The molecule has 0 N–H and O–H groups in total. The van der Waals surface area contributed by atoms with Gasteiger partial charge in [-0.2, -0.15) is 0 Å². The third kappa shape index (κ3) is 12.9. The van der Waals surface area contributed by atoms with Crippen LogP contribution in [0, 0.1) is 0 Å². The van der Waals surface area contributed by atoms with Gasteiger partial charge in [-0.05, 0) is 227 Å². The molecule has 0 saturated heterocycles. The Labute approximate surface area is 750 Å². The number of benzene rings is 22. The van der Waals surface area contributed by atoms with E-state index in [-0.39, 0.29) is 0 Å². The van der Waals surface area contributed by atoms with E-state index in [1.54, 1.807) is 0 Å². The van der Waals surface area contributed by atoms with Crippen LogP contribution in [-0.4, -0.2) is 9.13 Å². The van der Waals surface area contributed by atoms with Gasteiger partial charge in [0.05, 0.1) is 33.4 Å². The summed E-state index contributed by atoms with van der Waals surface area (Å²) in [6, 6.07) is 176. The first kappa shape index (κ1) is 75.2. The molecule has 6 heteroatoms. The Bertz CT molecular complexity index is 8640. The van der Waals surface area contributed by atoms with E-state index in [0.29, 0.717) is 0 Å². The molecule has 0 fully saturated rings. The number of nitrogens with zero attached hydrogens (tertiary/aromatic N) is 4. The van der Waals surface area contributed by atoms with Crippen molar-refractivity contribution in [3.8, 4) is 78.1 Å². The lowest BCUT2D eigenvalue weighted by molar-refractivity contribution is 0.669. The van der Waals surface area contributed by atoms with Crippen molar-refractivity contribution < 1.29 is 8.83 Å². The van der Waals surface area contributed by atoms with Crippen molar-refractivity contribution in [3.63, 3.8) is 0 Å². The van der Waals surface area contributed by atoms with Gasteiger partial charge in [-0.25, -0.2) is 0 Å². The van der Waals surface area contributed by atoms with E-state index in [9.17, 15) is 0 Å². The second-order valence-electron chi connectivity index (χ2n) is 33.7. The summed E-state index contributed by atoms with van der Waals surface area (Å²) in [5.41, 5.74) is 30.5. The minimum Gasteiger partial charge on any atom is -0.456 e. The summed E-state index contributed by atoms with van der Waals surface area (Å²) in [5, 5.41) is 19.1. The lowest BCUT2D eigenvalue weighted by atomic mass is 9.95.